The second-order valence-corrected chi connectivity index (χ2v) is 3.32. The fraction of sp³-hybridized carbons (Fsp3) is 0.200. The molecule has 0 aliphatic heterocycles. The van der Waals surface area contributed by atoms with E-state index in [0.717, 1.165) is 0 Å². The quantitative estimate of drug-likeness (QED) is 0.833. The largest absolute Gasteiger partial charge is 0.478 e. The Morgan fingerprint density at radius 1 is 1.27 bits per heavy atom. The zero-order valence-electron chi connectivity index (χ0n) is 7.95. The molecule has 0 spiro atoms. The number of hydrogen-bond donors (Lipinski definition) is 2. The van der Waals surface area contributed by atoms with Crippen molar-refractivity contribution in [2.24, 2.45) is 0 Å². The Kier molecular flexibility index (Phi) is 3.31. The van der Waals surface area contributed by atoms with Crippen molar-refractivity contribution >= 4 is 23.5 Å². The van der Waals surface area contributed by atoms with Crippen LogP contribution < -0.4 is 0 Å². The van der Waals surface area contributed by atoms with Crippen molar-refractivity contribution in [2.45, 2.75) is 13.3 Å². The third kappa shape index (κ3) is 2.10. The van der Waals surface area contributed by atoms with E-state index in [1.54, 1.807) is 6.92 Å². The zero-order chi connectivity index (χ0) is 11.6. The molecule has 1 aromatic rings. The van der Waals surface area contributed by atoms with Gasteiger partial charge in [-0.1, -0.05) is 18.5 Å². The first kappa shape index (κ1) is 11.5. The Morgan fingerprint density at radius 2 is 1.87 bits per heavy atom. The minimum atomic E-state index is -1.21. The van der Waals surface area contributed by atoms with E-state index >= 15 is 0 Å². The lowest BCUT2D eigenvalue weighted by Gasteiger charge is -2.09. The topological polar surface area (TPSA) is 74.6 Å². The van der Waals surface area contributed by atoms with Crippen LogP contribution in [0.1, 0.15) is 33.2 Å². The van der Waals surface area contributed by atoms with Gasteiger partial charge in [0.05, 0.1) is 16.1 Å². The summed E-state index contributed by atoms with van der Waals surface area (Å²) in [5.41, 5.74) is 0.112. The second-order valence-electron chi connectivity index (χ2n) is 2.91. The summed E-state index contributed by atoms with van der Waals surface area (Å²) in [6, 6.07) is 2.60. The Hall–Kier alpha value is -1.55. The number of hydrogen-bond acceptors (Lipinski definition) is 2. The summed E-state index contributed by atoms with van der Waals surface area (Å²) < 4.78 is 0. The molecular formula is C10H9ClO4. The van der Waals surface area contributed by atoms with Crippen molar-refractivity contribution in [1.82, 2.24) is 0 Å². The molecule has 0 saturated carbocycles. The van der Waals surface area contributed by atoms with Crippen LogP contribution >= 0.6 is 11.6 Å². The molecule has 1 aromatic carbocycles. The first-order valence-electron chi connectivity index (χ1n) is 4.27. The van der Waals surface area contributed by atoms with E-state index in [0.29, 0.717) is 6.42 Å². The maximum absolute atomic E-state index is 10.9. The average Bonchev–Trinajstić information content (AvgIpc) is 2.15. The number of aromatic carboxylic acids is 2. The van der Waals surface area contributed by atoms with Crippen LogP contribution in [0.3, 0.4) is 0 Å². The summed E-state index contributed by atoms with van der Waals surface area (Å²) in [5.74, 6) is -2.36. The molecule has 0 aliphatic rings. The molecule has 5 heteroatoms. The van der Waals surface area contributed by atoms with E-state index in [-0.39, 0.29) is 21.7 Å². The molecule has 4 nitrogen and oxygen atoms in total. The van der Waals surface area contributed by atoms with Gasteiger partial charge in [0.25, 0.3) is 0 Å². The molecule has 0 heterocycles. The van der Waals surface area contributed by atoms with Crippen molar-refractivity contribution < 1.29 is 19.8 Å². The predicted molar refractivity (Wildman–Crippen MR) is 54.7 cm³/mol. The van der Waals surface area contributed by atoms with Crippen molar-refractivity contribution in [3.05, 3.63) is 33.8 Å². The Bertz CT molecular complexity index is 426. The van der Waals surface area contributed by atoms with Gasteiger partial charge in [-0.3, -0.25) is 0 Å². The summed E-state index contributed by atoms with van der Waals surface area (Å²) in [5, 5.41) is 17.8. The van der Waals surface area contributed by atoms with E-state index in [4.69, 9.17) is 21.8 Å². The van der Waals surface area contributed by atoms with Gasteiger partial charge in [-0.05, 0) is 24.1 Å². The first-order chi connectivity index (χ1) is 6.99. The molecular weight excluding hydrogens is 220 g/mol. The van der Waals surface area contributed by atoms with Crippen LogP contribution in [-0.4, -0.2) is 22.2 Å². The molecule has 0 bridgehead atoms. The predicted octanol–water partition coefficient (Wildman–Crippen LogP) is 2.30. The highest BCUT2D eigenvalue weighted by Crippen LogP contribution is 2.24. The fourth-order valence-corrected chi connectivity index (χ4v) is 1.68. The minimum absolute atomic E-state index is 0.0145. The molecule has 0 aliphatic carbocycles. The third-order valence-corrected chi connectivity index (χ3v) is 2.37. The van der Waals surface area contributed by atoms with Gasteiger partial charge >= 0.3 is 11.9 Å². The molecule has 0 unspecified atom stereocenters. The van der Waals surface area contributed by atoms with E-state index in [1.807, 2.05) is 0 Å². The molecule has 0 fully saturated rings. The Morgan fingerprint density at radius 3 is 2.27 bits per heavy atom. The van der Waals surface area contributed by atoms with Gasteiger partial charge in [0.1, 0.15) is 0 Å². The summed E-state index contributed by atoms with van der Waals surface area (Å²) >= 11 is 5.71. The molecule has 0 atom stereocenters. The molecule has 80 valence electrons. The van der Waals surface area contributed by atoms with Crippen molar-refractivity contribution in [2.75, 3.05) is 0 Å². The second kappa shape index (κ2) is 4.31. The SMILES string of the molecule is CCc1c(C(=O)O)ccc(Cl)c1C(=O)O. The van der Waals surface area contributed by atoms with Gasteiger partial charge in [-0.25, -0.2) is 9.59 Å². The summed E-state index contributed by atoms with van der Waals surface area (Å²) in [6.07, 6.45) is 0.309. The minimum Gasteiger partial charge on any atom is -0.478 e. The highest BCUT2D eigenvalue weighted by atomic mass is 35.5. The Labute approximate surface area is 91.1 Å². The summed E-state index contributed by atoms with van der Waals surface area (Å²) in [6.45, 7) is 1.69. The lowest BCUT2D eigenvalue weighted by molar-refractivity contribution is 0.0695. The van der Waals surface area contributed by atoms with E-state index < -0.39 is 11.9 Å². The van der Waals surface area contributed by atoms with Crippen LogP contribution in [0.15, 0.2) is 12.1 Å². The van der Waals surface area contributed by atoms with E-state index in [2.05, 4.69) is 0 Å². The van der Waals surface area contributed by atoms with Gasteiger partial charge < -0.3 is 10.2 Å². The monoisotopic (exact) mass is 228 g/mol. The number of rotatable bonds is 3. The number of carboxylic acid groups (broad SMARTS) is 2. The van der Waals surface area contributed by atoms with Crippen molar-refractivity contribution in [3.63, 3.8) is 0 Å². The van der Waals surface area contributed by atoms with Crippen LogP contribution in [0.2, 0.25) is 5.02 Å². The third-order valence-electron chi connectivity index (χ3n) is 2.06. The number of carboxylic acids is 2. The summed E-state index contributed by atoms with van der Waals surface area (Å²) in [4.78, 5) is 21.7. The highest BCUT2D eigenvalue weighted by molar-refractivity contribution is 6.33. The maximum atomic E-state index is 10.9. The number of benzene rings is 1. The van der Waals surface area contributed by atoms with Crippen LogP contribution in [0.4, 0.5) is 0 Å². The smallest absolute Gasteiger partial charge is 0.337 e. The van der Waals surface area contributed by atoms with Crippen LogP contribution in [0, 0.1) is 0 Å². The normalized spacial score (nSPS) is 10.0. The van der Waals surface area contributed by atoms with Crippen molar-refractivity contribution in [3.8, 4) is 0 Å². The molecule has 0 saturated heterocycles. The molecule has 0 radical (unpaired) electrons. The van der Waals surface area contributed by atoms with Gasteiger partial charge in [-0.15, -0.1) is 0 Å². The Balaban J connectivity index is 3.54. The fourth-order valence-electron chi connectivity index (χ4n) is 1.42. The zero-order valence-corrected chi connectivity index (χ0v) is 8.71. The maximum Gasteiger partial charge on any atom is 0.337 e. The standard InChI is InChI=1S/C10H9ClO4/c1-2-5-6(9(12)13)3-4-7(11)8(5)10(14)15/h3-4H,2H2,1H3,(H,12,13)(H,14,15). The lowest BCUT2D eigenvalue weighted by atomic mass is 9.99. The number of carbonyl (C=O) groups is 2. The molecule has 0 aromatic heterocycles. The van der Waals surface area contributed by atoms with E-state index in [1.165, 1.54) is 12.1 Å². The van der Waals surface area contributed by atoms with Gasteiger partial charge in [0.2, 0.25) is 0 Å². The van der Waals surface area contributed by atoms with Gasteiger partial charge in [0.15, 0.2) is 0 Å². The van der Waals surface area contributed by atoms with E-state index in [9.17, 15) is 9.59 Å². The van der Waals surface area contributed by atoms with Gasteiger partial charge in [-0.2, -0.15) is 0 Å². The van der Waals surface area contributed by atoms with Crippen LogP contribution in [0.5, 0.6) is 0 Å². The highest BCUT2D eigenvalue weighted by Gasteiger charge is 2.19. The molecule has 15 heavy (non-hydrogen) atoms. The number of halogens is 1. The molecule has 0 amide bonds. The first-order valence-corrected chi connectivity index (χ1v) is 4.64. The summed E-state index contributed by atoms with van der Waals surface area (Å²) in [7, 11) is 0. The molecule has 1 rings (SSSR count). The molecule has 2 N–H and O–H groups in total. The van der Waals surface area contributed by atoms with Crippen LogP contribution in [-0.2, 0) is 6.42 Å². The van der Waals surface area contributed by atoms with Crippen LogP contribution in [0.25, 0.3) is 0 Å². The van der Waals surface area contributed by atoms with Crippen molar-refractivity contribution in [1.29, 1.82) is 0 Å². The van der Waals surface area contributed by atoms with Gasteiger partial charge in [0, 0.05) is 0 Å². The lowest BCUT2D eigenvalue weighted by Crippen LogP contribution is -2.10. The average molecular weight is 229 g/mol.